The van der Waals surface area contributed by atoms with Gasteiger partial charge in [-0.25, -0.2) is 13.2 Å². The number of amides is 1. The number of fused-ring (bicyclic) bond motifs is 1. The minimum Gasteiger partial charge on any atom is -0.486 e. The van der Waals surface area contributed by atoms with Gasteiger partial charge in [-0.1, -0.05) is 18.2 Å². The molecule has 0 aromatic heterocycles. The van der Waals surface area contributed by atoms with Crippen LogP contribution in [0, 0.1) is 0 Å². The number of hydrogen-bond acceptors (Lipinski definition) is 7. The number of nitrogens with one attached hydrogen (secondary N) is 1. The fraction of sp³-hybridized carbons (Fsp3) is 0.167. The molecule has 1 heterocycles. The van der Waals surface area contributed by atoms with Crippen LogP contribution in [-0.2, 0) is 19.6 Å². The predicted octanol–water partition coefficient (Wildman–Crippen LogP) is 3.08. The molecule has 0 aliphatic carbocycles. The van der Waals surface area contributed by atoms with Crippen molar-refractivity contribution in [3.8, 4) is 11.5 Å². The molecule has 1 amide bonds. The summed E-state index contributed by atoms with van der Waals surface area (Å²) >= 11 is 0. The quantitative estimate of drug-likeness (QED) is 0.515. The number of carbonyl (C=O) groups is 2. The second-order valence-corrected chi connectivity index (χ2v) is 9.28. The molecule has 1 aliphatic rings. The van der Waals surface area contributed by atoms with Crippen molar-refractivity contribution in [1.29, 1.82) is 0 Å². The summed E-state index contributed by atoms with van der Waals surface area (Å²) < 4.78 is 42.8. The number of para-hydroxylation sites is 1. The molecule has 0 saturated carbocycles. The van der Waals surface area contributed by atoms with Crippen LogP contribution in [0.4, 0.5) is 11.4 Å². The standard InChI is InChI=1S/C24H22N2O7S/c1-26(19-5-3-2-4-6-19)34(29,30)20-10-7-17(8-11-20)24(28)33-16-23(27)25-18-9-12-21-22(15-18)32-14-13-31-21/h2-12,15H,13-14,16H2,1H3,(H,25,27). The van der Waals surface area contributed by atoms with Crippen molar-refractivity contribution in [3.05, 3.63) is 78.4 Å². The van der Waals surface area contributed by atoms with Crippen LogP contribution in [0.25, 0.3) is 0 Å². The van der Waals surface area contributed by atoms with E-state index in [4.69, 9.17) is 14.2 Å². The number of hydrogen-bond donors (Lipinski definition) is 1. The Balaban J connectivity index is 1.34. The highest BCUT2D eigenvalue weighted by molar-refractivity contribution is 7.92. The fourth-order valence-corrected chi connectivity index (χ4v) is 4.43. The van der Waals surface area contributed by atoms with Crippen LogP contribution in [0.15, 0.2) is 77.7 Å². The molecule has 0 bridgehead atoms. The molecule has 10 heteroatoms. The van der Waals surface area contributed by atoms with E-state index in [0.717, 1.165) is 4.31 Å². The molecule has 0 radical (unpaired) electrons. The molecular formula is C24H22N2O7S. The van der Waals surface area contributed by atoms with E-state index in [2.05, 4.69) is 5.32 Å². The summed E-state index contributed by atoms with van der Waals surface area (Å²) in [7, 11) is -2.35. The van der Waals surface area contributed by atoms with Gasteiger partial charge in [0.1, 0.15) is 13.2 Å². The number of ether oxygens (including phenoxy) is 3. The lowest BCUT2D eigenvalue weighted by molar-refractivity contribution is -0.119. The van der Waals surface area contributed by atoms with Gasteiger partial charge in [-0.05, 0) is 48.5 Å². The van der Waals surface area contributed by atoms with Gasteiger partial charge in [0, 0.05) is 18.8 Å². The van der Waals surface area contributed by atoms with Gasteiger partial charge in [-0.15, -0.1) is 0 Å². The van der Waals surface area contributed by atoms with Gasteiger partial charge in [0.2, 0.25) is 0 Å². The van der Waals surface area contributed by atoms with Crippen LogP contribution in [0.1, 0.15) is 10.4 Å². The lowest BCUT2D eigenvalue weighted by Crippen LogP contribution is -2.26. The van der Waals surface area contributed by atoms with Gasteiger partial charge in [0.15, 0.2) is 18.1 Å². The summed E-state index contributed by atoms with van der Waals surface area (Å²) in [4.78, 5) is 24.5. The number of rotatable bonds is 7. The third-order valence-electron chi connectivity index (χ3n) is 5.03. The van der Waals surface area contributed by atoms with Crippen LogP contribution in [0.2, 0.25) is 0 Å². The third kappa shape index (κ3) is 5.12. The normalized spacial score (nSPS) is 12.5. The third-order valence-corrected chi connectivity index (χ3v) is 6.83. The smallest absolute Gasteiger partial charge is 0.338 e. The Labute approximate surface area is 196 Å². The minimum absolute atomic E-state index is 0.0201. The molecule has 1 aliphatic heterocycles. The highest BCUT2D eigenvalue weighted by Crippen LogP contribution is 2.32. The molecule has 1 N–H and O–H groups in total. The Morgan fingerprint density at radius 3 is 2.32 bits per heavy atom. The maximum atomic E-state index is 12.8. The van der Waals surface area contributed by atoms with Crippen molar-refractivity contribution in [2.75, 3.05) is 36.5 Å². The Kier molecular flexibility index (Phi) is 6.69. The Morgan fingerprint density at radius 2 is 1.62 bits per heavy atom. The zero-order valence-corrected chi connectivity index (χ0v) is 19.1. The molecule has 0 fully saturated rings. The second kappa shape index (κ2) is 9.84. The number of sulfonamides is 1. The van der Waals surface area contributed by atoms with E-state index in [-0.39, 0.29) is 10.5 Å². The molecule has 3 aromatic carbocycles. The Morgan fingerprint density at radius 1 is 0.941 bits per heavy atom. The molecular weight excluding hydrogens is 460 g/mol. The average molecular weight is 483 g/mol. The average Bonchev–Trinajstić information content (AvgIpc) is 2.87. The van der Waals surface area contributed by atoms with E-state index >= 15 is 0 Å². The molecule has 0 spiro atoms. The fourth-order valence-electron chi connectivity index (χ4n) is 3.23. The van der Waals surface area contributed by atoms with E-state index in [9.17, 15) is 18.0 Å². The van der Waals surface area contributed by atoms with Crippen LogP contribution < -0.4 is 19.1 Å². The Hall–Kier alpha value is -4.05. The molecule has 3 aromatic rings. The van der Waals surface area contributed by atoms with Crippen LogP contribution in [0.3, 0.4) is 0 Å². The number of esters is 1. The zero-order chi connectivity index (χ0) is 24.1. The van der Waals surface area contributed by atoms with Crippen molar-refractivity contribution in [2.24, 2.45) is 0 Å². The van der Waals surface area contributed by atoms with Crippen LogP contribution in [-0.4, -0.2) is 47.2 Å². The topological polar surface area (TPSA) is 111 Å². The van der Waals surface area contributed by atoms with Crippen molar-refractivity contribution < 1.29 is 32.2 Å². The molecule has 0 atom stereocenters. The minimum atomic E-state index is -3.80. The van der Waals surface area contributed by atoms with E-state index in [1.165, 1.54) is 31.3 Å². The molecule has 0 saturated heterocycles. The zero-order valence-electron chi connectivity index (χ0n) is 18.3. The van der Waals surface area contributed by atoms with E-state index < -0.39 is 28.5 Å². The van der Waals surface area contributed by atoms with E-state index in [0.29, 0.717) is 36.1 Å². The largest absolute Gasteiger partial charge is 0.486 e. The summed E-state index contributed by atoms with van der Waals surface area (Å²) in [5.74, 6) is -0.170. The number of benzene rings is 3. The first-order valence-electron chi connectivity index (χ1n) is 10.4. The maximum Gasteiger partial charge on any atom is 0.338 e. The highest BCUT2D eigenvalue weighted by Gasteiger charge is 2.22. The summed E-state index contributed by atoms with van der Waals surface area (Å²) in [6.45, 7) is 0.375. The molecule has 0 unspecified atom stereocenters. The number of anilines is 2. The predicted molar refractivity (Wildman–Crippen MR) is 125 cm³/mol. The van der Waals surface area contributed by atoms with Gasteiger partial charge < -0.3 is 19.5 Å². The maximum absolute atomic E-state index is 12.8. The van der Waals surface area contributed by atoms with Crippen molar-refractivity contribution in [3.63, 3.8) is 0 Å². The number of nitrogens with zero attached hydrogens (tertiary/aromatic N) is 1. The monoisotopic (exact) mass is 482 g/mol. The van der Waals surface area contributed by atoms with Gasteiger partial charge >= 0.3 is 5.97 Å². The summed E-state index contributed by atoms with van der Waals surface area (Å²) in [5.41, 5.74) is 1.10. The molecule has 4 rings (SSSR count). The molecule has 9 nitrogen and oxygen atoms in total. The van der Waals surface area contributed by atoms with Crippen LogP contribution >= 0.6 is 0 Å². The lowest BCUT2D eigenvalue weighted by atomic mass is 10.2. The summed E-state index contributed by atoms with van der Waals surface area (Å²) in [6, 6.07) is 18.9. The summed E-state index contributed by atoms with van der Waals surface area (Å²) in [5, 5.41) is 2.62. The van der Waals surface area contributed by atoms with Gasteiger partial charge in [0.25, 0.3) is 15.9 Å². The SMILES string of the molecule is CN(c1ccccc1)S(=O)(=O)c1ccc(C(=O)OCC(=O)Nc2ccc3c(c2)OCCO3)cc1. The first kappa shape index (κ1) is 23.1. The first-order chi connectivity index (χ1) is 16.3. The van der Waals surface area contributed by atoms with Gasteiger partial charge in [0.05, 0.1) is 16.1 Å². The Bertz CT molecular complexity index is 1290. The second-order valence-electron chi connectivity index (χ2n) is 7.32. The molecule has 34 heavy (non-hydrogen) atoms. The van der Waals surface area contributed by atoms with Gasteiger partial charge in [-0.3, -0.25) is 9.10 Å². The first-order valence-corrected chi connectivity index (χ1v) is 11.8. The number of carbonyl (C=O) groups excluding carboxylic acids is 2. The molecule has 176 valence electrons. The van der Waals surface area contributed by atoms with Gasteiger partial charge in [-0.2, -0.15) is 0 Å². The summed E-state index contributed by atoms with van der Waals surface area (Å²) in [6.07, 6.45) is 0. The lowest BCUT2D eigenvalue weighted by Gasteiger charge is -2.19. The van der Waals surface area contributed by atoms with Crippen molar-refractivity contribution in [1.82, 2.24) is 0 Å². The van der Waals surface area contributed by atoms with Crippen molar-refractivity contribution >= 4 is 33.3 Å². The van der Waals surface area contributed by atoms with Crippen molar-refractivity contribution in [2.45, 2.75) is 4.90 Å². The van der Waals surface area contributed by atoms with E-state index in [1.807, 2.05) is 0 Å². The van der Waals surface area contributed by atoms with E-state index in [1.54, 1.807) is 48.5 Å². The highest BCUT2D eigenvalue weighted by atomic mass is 32.2. The van der Waals surface area contributed by atoms with Crippen LogP contribution in [0.5, 0.6) is 11.5 Å².